The zero-order chi connectivity index (χ0) is 12.8. The largest absolute Gasteiger partial charge is 0.379 e. The van der Waals surface area contributed by atoms with E-state index >= 15 is 0 Å². The van der Waals surface area contributed by atoms with Crippen molar-refractivity contribution in [1.82, 2.24) is 0 Å². The van der Waals surface area contributed by atoms with Gasteiger partial charge in [0.2, 0.25) is 0 Å². The fourth-order valence-electron chi connectivity index (χ4n) is 1.23. The number of ketones is 1. The first-order valence-corrected chi connectivity index (χ1v) is 6.56. The molecule has 0 aromatic rings. The second-order valence-corrected chi connectivity index (χ2v) is 3.83. The fourth-order valence-corrected chi connectivity index (χ4v) is 1.23. The fraction of sp³-hybridized carbons (Fsp3) is 0.923. The van der Waals surface area contributed by atoms with E-state index in [0.717, 1.165) is 19.4 Å². The minimum Gasteiger partial charge on any atom is -0.379 e. The standard InChI is InChI=1S/C13H26O4/c1-3-7-15-9-11-17-12-10-16-8-5-6-13(14)4-2/h3-12H2,1-2H3. The minimum absolute atomic E-state index is 0.304. The van der Waals surface area contributed by atoms with Gasteiger partial charge in [0.25, 0.3) is 0 Å². The molecule has 0 radical (unpaired) electrons. The monoisotopic (exact) mass is 246 g/mol. The molecular weight excluding hydrogens is 220 g/mol. The van der Waals surface area contributed by atoms with Crippen LogP contribution < -0.4 is 0 Å². The molecule has 0 unspecified atom stereocenters. The Kier molecular flexibility index (Phi) is 13.3. The number of ether oxygens (including phenoxy) is 3. The van der Waals surface area contributed by atoms with E-state index < -0.39 is 0 Å². The smallest absolute Gasteiger partial charge is 0.132 e. The molecule has 17 heavy (non-hydrogen) atoms. The maximum atomic E-state index is 11.0. The Hall–Kier alpha value is -0.450. The van der Waals surface area contributed by atoms with Gasteiger partial charge < -0.3 is 14.2 Å². The van der Waals surface area contributed by atoms with E-state index in [1.165, 1.54) is 0 Å². The van der Waals surface area contributed by atoms with Gasteiger partial charge in [-0.2, -0.15) is 0 Å². The van der Waals surface area contributed by atoms with E-state index in [0.29, 0.717) is 51.7 Å². The maximum absolute atomic E-state index is 11.0. The van der Waals surface area contributed by atoms with Crippen LogP contribution in [-0.4, -0.2) is 45.4 Å². The van der Waals surface area contributed by atoms with Gasteiger partial charge in [-0.05, 0) is 12.8 Å². The molecule has 102 valence electrons. The highest BCUT2D eigenvalue weighted by Gasteiger charge is 1.97. The lowest BCUT2D eigenvalue weighted by Crippen LogP contribution is -2.10. The average Bonchev–Trinajstić information content (AvgIpc) is 2.35. The van der Waals surface area contributed by atoms with E-state index in [1.807, 2.05) is 6.92 Å². The lowest BCUT2D eigenvalue weighted by atomic mass is 10.2. The maximum Gasteiger partial charge on any atom is 0.132 e. The quantitative estimate of drug-likeness (QED) is 0.467. The Bertz CT molecular complexity index is 171. The van der Waals surface area contributed by atoms with Gasteiger partial charge in [0, 0.05) is 26.1 Å². The molecule has 0 amide bonds. The summed E-state index contributed by atoms with van der Waals surface area (Å²) in [7, 11) is 0. The van der Waals surface area contributed by atoms with Crippen LogP contribution in [0.2, 0.25) is 0 Å². The van der Waals surface area contributed by atoms with Gasteiger partial charge in [-0.15, -0.1) is 0 Å². The van der Waals surface area contributed by atoms with Crippen LogP contribution in [0.15, 0.2) is 0 Å². The summed E-state index contributed by atoms with van der Waals surface area (Å²) in [5, 5.41) is 0. The molecule has 4 nitrogen and oxygen atoms in total. The molecule has 0 rings (SSSR count). The first-order valence-electron chi connectivity index (χ1n) is 6.56. The van der Waals surface area contributed by atoms with Crippen molar-refractivity contribution in [2.24, 2.45) is 0 Å². The van der Waals surface area contributed by atoms with Crippen molar-refractivity contribution in [2.45, 2.75) is 39.5 Å². The topological polar surface area (TPSA) is 44.8 Å². The van der Waals surface area contributed by atoms with Gasteiger partial charge in [-0.25, -0.2) is 0 Å². The summed E-state index contributed by atoms with van der Waals surface area (Å²) in [6.45, 7) is 7.87. The lowest BCUT2D eigenvalue weighted by Gasteiger charge is -2.06. The number of hydrogen-bond acceptors (Lipinski definition) is 4. The zero-order valence-corrected chi connectivity index (χ0v) is 11.2. The van der Waals surface area contributed by atoms with Crippen molar-refractivity contribution >= 4 is 5.78 Å². The molecule has 0 bridgehead atoms. The Morgan fingerprint density at radius 2 is 1.35 bits per heavy atom. The summed E-state index contributed by atoms with van der Waals surface area (Å²) >= 11 is 0. The lowest BCUT2D eigenvalue weighted by molar-refractivity contribution is -0.119. The summed E-state index contributed by atoms with van der Waals surface area (Å²) in [5.74, 6) is 0.304. The van der Waals surface area contributed by atoms with Crippen LogP contribution in [0.25, 0.3) is 0 Å². The zero-order valence-electron chi connectivity index (χ0n) is 11.2. The molecule has 0 aliphatic heterocycles. The van der Waals surface area contributed by atoms with Gasteiger partial charge >= 0.3 is 0 Å². The van der Waals surface area contributed by atoms with Crippen LogP contribution >= 0.6 is 0 Å². The van der Waals surface area contributed by atoms with Crippen molar-refractivity contribution < 1.29 is 19.0 Å². The van der Waals surface area contributed by atoms with Crippen molar-refractivity contribution in [2.75, 3.05) is 39.6 Å². The Balaban J connectivity index is 2.96. The third-order valence-electron chi connectivity index (χ3n) is 2.23. The number of hydrogen-bond donors (Lipinski definition) is 0. The summed E-state index contributed by atoms with van der Waals surface area (Å²) in [5.41, 5.74) is 0. The highest BCUT2D eigenvalue weighted by Crippen LogP contribution is 1.95. The number of carbonyl (C=O) groups is 1. The first kappa shape index (κ1) is 16.6. The van der Waals surface area contributed by atoms with Crippen LogP contribution in [0.1, 0.15) is 39.5 Å². The first-order chi connectivity index (χ1) is 8.31. The Morgan fingerprint density at radius 3 is 1.88 bits per heavy atom. The Labute approximate surface area is 105 Å². The third kappa shape index (κ3) is 13.5. The molecule has 0 fully saturated rings. The molecular formula is C13H26O4. The minimum atomic E-state index is 0.304. The van der Waals surface area contributed by atoms with E-state index in [1.54, 1.807) is 0 Å². The molecule has 0 heterocycles. The van der Waals surface area contributed by atoms with Gasteiger partial charge in [-0.3, -0.25) is 4.79 Å². The van der Waals surface area contributed by atoms with Gasteiger partial charge in [0.1, 0.15) is 5.78 Å². The highest BCUT2D eigenvalue weighted by molar-refractivity contribution is 5.77. The van der Waals surface area contributed by atoms with Gasteiger partial charge in [0.15, 0.2) is 0 Å². The Morgan fingerprint density at radius 1 is 0.824 bits per heavy atom. The molecule has 0 atom stereocenters. The molecule has 0 aromatic heterocycles. The molecule has 0 N–H and O–H groups in total. The van der Waals surface area contributed by atoms with Crippen molar-refractivity contribution in [3.05, 3.63) is 0 Å². The predicted octanol–water partition coefficient (Wildman–Crippen LogP) is 2.21. The highest BCUT2D eigenvalue weighted by atomic mass is 16.5. The van der Waals surface area contributed by atoms with Crippen LogP contribution in [0.3, 0.4) is 0 Å². The number of carbonyl (C=O) groups excluding carboxylic acids is 1. The van der Waals surface area contributed by atoms with Crippen LogP contribution in [0.4, 0.5) is 0 Å². The molecule has 0 aromatic carbocycles. The molecule has 0 saturated heterocycles. The van der Waals surface area contributed by atoms with Gasteiger partial charge in [0.05, 0.1) is 26.4 Å². The second-order valence-electron chi connectivity index (χ2n) is 3.83. The van der Waals surface area contributed by atoms with Crippen molar-refractivity contribution in [1.29, 1.82) is 0 Å². The van der Waals surface area contributed by atoms with Crippen LogP contribution in [-0.2, 0) is 19.0 Å². The summed E-state index contributed by atoms with van der Waals surface area (Å²) in [4.78, 5) is 11.0. The summed E-state index contributed by atoms with van der Waals surface area (Å²) < 4.78 is 15.9. The van der Waals surface area contributed by atoms with Gasteiger partial charge in [-0.1, -0.05) is 13.8 Å². The number of Topliss-reactive ketones (excluding diaryl/α,β-unsaturated/α-hetero) is 1. The van der Waals surface area contributed by atoms with Crippen LogP contribution in [0, 0.1) is 0 Å². The second kappa shape index (κ2) is 13.6. The van der Waals surface area contributed by atoms with E-state index in [4.69, 9.17) is 14.2 Å². The van der Waals surface area contributed by atoms with Crippen LogP contribution in [0.5, 0.6) is 0 Å². The average molecular weight is 246 g/mol. The summed E-state index contributed by atoms with van der Waals surface area (Å²) in [6, 6.07) is 0. The molecule has 4 heteroatoms. The predicted molar refractivity (Wildman–Crippen MR) is 67.3 cm³/mol. The third-order valence-corrected chi connectivity index (χ3v) is 2.23. The SMILES string of the molecule is CCCOCCOCCOCCCC(=O)CC. The number of rotatable bonds is 13. The van der Waals surface area contributed by atoms with E-state index in [-0.39, 0.29) is 0 Å². The van der Waals surface area contributed by atoms with E-state index in [9.17, 15) is 4.79 Å². The molecule has 0 saturated carbocycles. The summed E-state index contributed by atoms with van der Waals surface area (Å²) in [6.07, 6.45) is 3.11. The van der Waals surface area contributed by atoms with Crippen molar-refractivity contribution in [3.8, 4) is 0 Å². The normalized spacial score (nSPS) is 10.7. The molecule has 0 spiro atoms. The van der Waals surface area contributed by atoms with Crippen molar-refractivity contribution in [3.63, 3.8) is 0 Å². The van der Waals surface area contributed by atoms with E-state index in [2.05, 4.69) is 6.92 Å². The molecule has 0 aliphatic rings. The molecule has 0 aliphatic carbocycles.